The molecule has 1 saturated carbocycles. The third-order valence-corrected chi connectivity index (χ3v) is 11.7. The molecule has 2 spiro atoms. The number of fused-ring (bicyclic) bond motifs is 2. The first-order valence-electron chi connectivity index (χ1n) is 13.2. The van der Waals surface area contributed by atoms with Gasteiger partial charge in [-0.3, -0.25) is 0 Å². The van der Waals surface area contributed by atoms with E-state index in [4.69, 9.17) is 0 Å². The molecule has 3 aliphatic rings. The SMILES string of the molecule is O=S(=O)(c1ccccc1)c1ccc2c(c1)NC1(CCC3(CC1)Nc1ccc(S(=O)(=O)c4ccccc4)cc1N3)N2. The first-order valence-corrected chi connectivity index (χ1v) is 16.2. The van der Waals surface area contributed by atoms with E-state index in [1.807, 2.05) is 12.1 Å². The van der Waals surface area contributed by atoms with Gasteiger partial charge in [-0.15, -0.1) is 0 Å². The Balaban J connectivity index is 1.07. The van der Waals surface area contributed by atoms with Gasteiger partial charge in [0.25, 0.3) is 0 Å². The maximum absolute atomic E-state index is 13.1. The van der Waals surface area contributed by atoms with Crippen LogP contribution in [0.15, 0.2) is 117 Å². The average Bonchev–Trinajstić information content (AvgIpc) is 3.52. The Kier molecular flexibility index (Phi) is 5.46. The molecule has 0 radical (unpaired) electrons. The van der Waals surface area contributed by atoms with Gasteiger partial charge in [-0.2, -0.15) is 0 Å². The van der Waals surface area contributed by atoms with Gasteiger partial charge in [0.05, 0.1) is 42.3 Å². The summed E-state index contributed by atoms with van der Waals surface area (Å²) in [5.41, 5.74) is 2.55. The Bertz CT molecular complexity index is 1700. The monoisotopic (exact) mass is 572 g/mol. The number of nitrogens with one attached hydrogen (secondary N) is 4. The summed E-state index contributed by atoms with van der Waals surface area (Å²) in [5.74, 6) is 0. The summed E-state index contributed by atoms with van der Waals surface area (Å²) in [6.45, 7) is 0. The molecule has 0 amide bonds. The van der Waals surface area contributed by atoms with Crippen molar-refractivity contribution < 1.29 is 16.8 Å². The fourth-order valence-electron chi connectivity index (χ4n) is 5.97. The van der Waals surface area contributed by atoms with Crippen molar-refractivity contribution in [1.82, 2.24) is 0 Å². The maximum atomic E-state index is 13.1. The van der Waals surface area contributed by atoms with Crippen LogP contribution in [0.5, 0.6) is 0 Å². The van der Waals surface area contributed by atoms with E-state index in [2.05, 4.69) is 21.3 Å². The third kappa shape index (κ3) is 4.01. The number of hydrogen-bond donors (Lipinski definition) is 4. The average molecular weight is 573 g/mol. The van der Waals surface area contributed by atoms with Gasteiger partial charge in [0, 0.05) is 0 Å². The summed E-state index contributed by atoms with van der Waals surface area (Å²) in [6, 6.07) is 27.3. The number of hydrogen-bond acceptors (Lipinski definition) is 8. The molecule has 4 aromatic carbocycles. The molecule has 4 N–H and O–H groups in total. The summed E-state index contributed by atoms with van der Waals surface area (Å²) in [6.07, 6.45) is 3.08. The van der Waals surface area contributed by atoms with Gasteiger partial charge in [-0.05, 0) is 86.3 Å². The lowest BCUT2D eigenvalue weighted by Crippen LogP contribution is -2.54. The molecular formula is C30H28N4O4S2. The Labute approximate surface area is 233 Å². The first-order chi connectivity index (χ1) is 19.2. The van der Waals surface area contributed by atoms with Gasteiger partial charge in [-0.1, -0.05) is 36.4 Å². The predicted molar refractivity (Wildman–Crippen MR) is 155 cm³/mol. The highest BCUT2D eigenvalue weighted by atomic mass is 32.2. The fourth-order valence-corrected chi connectivity index (χ4v) is 8.59. The topological polar surface area (TPSA) is 116 Å². The van der Waals surface area contributed by atoms with E-state index in [-0.39, 0.29) is 30.9 Å². The second kappa shape index (κ2) is 8.74. The van der Waals surface area contributed by atoms with Crippen LogP contribution in [0.1, 0.15) is 25.7 Å². The van der Waals surface area contributed by atoms with Crippen molar-refractivity contribution >= 4 is 42.4 Å². The molecule has 10 heteroatoms. The van der Waals surface area contributed by atoms with Gasteiger partial charge in [0.2, 0.25) is 19.7 Å². The van der Waals surface area contributed by atoms with E-state index in [0.29, 0.717) is 0 Å². The zero-order valence-corrected chi connectivity index (χ0v) is 23.1. The molecule has 1 aliphatic carbocycles. The second-order valence-electron chi connectivity index (χ2n) is 10.7. The number of anilines is 4. The van der Waals surface area contributed by atoms with Gasteiger partial charge in [0.15, 0.2) is 0 Å². The molecule has 8 nitrogen and oxygen atoms in total. The molecule has 204 valence electrons. The van der Waals surface area contributed by atoms with Crippen LogP contribution in [0, 0.1) is 0 Å². The van der Waals surface area contributed by atoms with Gasteiger partial charge in [0.1, 0.15) is 11.3 Å². The van der Waals surface area contributed by atoms with Crippen molar-refractivity contribution in [2.24, 2.45) is 0 Å². The summed E-state index contributed by atoms with van der Waals surface area (Å²) >= 11 is 0. The highest BCUT2D eigenvalue weighted by Crippen LogP contribution is 2.49. The maximum Gasteiger partial charge on any atom is 0.206 e. The largest absolute Gasteiger partial charge is 0.361 e. The molecule has 0 unspecified atom stereocenters. The number of benzene rings is 4. The van der Waals surface area contributed by atoms with Crippen LogP contribution in [0.2, 0.25) is 0 Å². The minimum atomic E-state index is -3.61. The van der Waals surface area contributed by atoms with Crippen LogP contribution >= 0.6 is 0 Å². The normalized spacial score (nSPS) is 23.0. The Morgan fingerprint density at radius 3 is 1.15 bits per heavy atom. The van der Waals surface area contributed by atoms with E-state index in [1.165, 1.54) is 0 Å². The van der Waals surface area contributed by atoms with Gasteiger partial charge < -0.3 is 21.3 Å². The Morgan fingerprint density at radius 2 is 0.775 bits per heavy atom. The van der Waals surface area contributed by atoms with Crippen LogP contribution in [0.25, 0.3) is 0 Å². The van der Waals surface area contributed by atoms with Crippen molar-refractivity contribution in [2.75, 3.05) is 21.3 Å². The molecule has 0 bridgehead atoms. The summed E-state index contributed by atoms with van der Waals surface area (Å²) in [7, 11) is -7.23. The highest BCUT2D eigenvalue weighted by Gasteiger charge is 2.48. The van der Waals surface area contributed by atoms with Crippen molar-refractivity contribution in [1.29, 1.82) is 0 Å². The Morgan fingerprint density at radius 1 is 0.425 bits per heavy atom. The molecule has 7 rings (SSSR count). The minimum Gasteiger partial charge on any atom is -0.361 e. The smallest absolute Gasteiger partial charge is 0.206 e. The second-order valence-corrected chi connectivity index (χ2v) is 14.6. The standard InChI is InChI=1S/C30H28N4O4S2/c35-39(36,21-7-3-1-4-8-21)23-11-13-25-27(19-23)33-29(31-25)15-17-30(18-16-29)32-26-14-12-24(20-28(26)34-30)40(37,38)22-9-5-2-6-10-22/h1-14,19-20,31-34H,15-18H2. The molecule has 0 atom stereocenters. The number of rotatable bonds is 4. The summed E-state index contributed by atoms with van der Waals surface area (Å²) < 4.78 is 52.6. The quantitative estimate of drug-likeness (QED) is 0.246. The van der Waals surface area contributed by atoms with E-state index >= 15 is 0 Å². The van der Waals surface area contributed by atoms with Crippen LogP contribution in [0.3, 0.4) is 0 Å². The predicted octanol–water partition coefficient (Wildman–Crippen LogP) is 5.69. The number of sulfone groups is 2. The van der Waals surface area contributed by atoms with Crippen LogP contribution in [-0.2, 0) is 19.7 Å². The van der Waals surface area contributed by atoms with Crippen molar-refractivity contribution in [3.05, 3.63) is 97.1 Å². The van der Waals surface area contributed by atoms with Crippen LogP contribution in [0.4, 0.5) is 22.7 Å². The lowest BCUT2D eigenvalue weighted by molar-refractivity contribution is 0.286. The summed E-state index contributed by atoms with van der Waals surface area (Å²) in [4.78, 5) is 1.06. The Hall–Kier alpha value is -4.02. The molecular weight excluding hydrogens is 544 g/mol. The summed E-state index contributed by atoms with van der Waals surface area (Å²) in [5, 5.41) is 14.4. The minimum absolute atomic E-state index is 0.256. The molecule has 0 saturated heterocycles. The highest BCUT2D eigenvalue weighted by molar-refractivity contribution is 7.91. The molecule has 1 fully saturated rings. The van der Waals surface area contributed by atoms with Gasteiger partial charge in [-0.25, -0.2) is 16.8 Å². The lowest BCUT2D eigenvalue weighted by Gasteiger charge is -2.44. The fraction of sp³-hybridized carbons (Fsp3) is 0.200. The molecule has 2 aliphatic heterocycles. The van der Waals surface area contributed by atoms with Crippen LogP contribution in [-0.4, -0.2) is 28.2 Å². The molecule has 40 heavy (non-hydrogen) atoms. The van der Waals surface area contributed by atoms with Gasteiger partial charge >= 0.3 is 0 Å². The van der Waals surface area contributed by atoms with Crippen LogP contribution < -0.4 is 21.3 Å². The van der Waals surface area contributed by atoms with Crippen molar-refractivity contribution in [2.45, 2.75) is 56.6 Å². The molecule has 0 aromatic heterocycles. The zero-order chi connectivity index (χ0) is 27.6. The first kappa shape index (κ1) is 25.0. The third-order valence-electron chi connectivity index (χ3n) is 8.16. The lowest BCUT2D eigenvalue weighted by atomic mass is 9.82. The van der Waals surface area contributed by atoms with E-state index < -0.39 is 19.7 Å². The van der Waals surface area contributed by atoms with E-state index in [9.17, 15) is 16.8 Å². The van der Waals surface area contributed by atoms with E-state index in [0.717, 1.165) is 48.4 Å². The molecule has 2 heterocycles. The molecule has 4 aromatic rings. The van der Waals surface area contributed by atoms with E-state index in [1.54, 1.807) is 84.9 Å². The van der Waals surface area contributed by atoms with Crippen molar-refractivity contribution in [3.8, 4) is 0 Å². The van der Waals surface area contributed by atoms with Crippen molar-refractivity contribution in [3.63, 3.8) is 0 Å². The zero-order valence-electron chi connectivity index (χ0n) is 21.5.